The molecule has 2 amide bonds. The number of hydrogen-bond acceptors (Lipinski definition) is 6. The number of amides is 2. The molecule has 8 heteroatoms. The second-order valence-electron chi connectivity index (χ2n) is 13.1. The summed E-state index contributed by atoms with van der Waals surface area (Å²) >= 11 is 0. The lowest BCUT2D eigenvalue weighted by Crippen LogP contribution is -2.20. The highest BCUT2D eigenvalue weighted by molar-refractivity contribution is 6.05. The maximum Gasteiger partial charge on any atom is 0.274 e. The number of aromatic nitrogens is 2. The summed E-state index contributed by atoms with van der Waals surface area (Å²) in [7, 11) is 0. The summed E-state index contributed by atoms with van der Waals surface area (Å²) in [5.41, 5.74) is 16.8. The lowest BCUT2D eigenvalue weighted by atomic mass is 9.94. The monoisotopic (exact) mass is 614 g/mol. The summed E-state index contributed by atoms with van der Waals surface area (Å²) in [4.78, 5) is 38.3. The van der Waals surface area contributed by atoms with Crippen LogP contribution in [0.2, 0.25) is 0 Å². The number of nitrogens with one attached hydrogen (secondary N) is 2. The van der Waals surface area contributed by atoms with E-state index in [1.165, 1.54) is 36.8 Å². The van der Waals surface area contributed by atoms with Crippen molar-refractivity contribution in [2.45, 2.75) is 77.3 Å². The van der Waals surface area contributed by atoms with Gasteiger partial charge in [0.05, 0.1) is 0 Å². The van der Waals surface area contributed by atoms with Crippen molar-refractivity contribution >= 4 is 23.2 Å². The van der Waals surface area contributed by atoms with Gasteiger partial charge in [-0.25, -0.2) is 0 Å². The molecule has 3 heterocycles. The van der Waals surface area contributed by atoms with Gasteiger partial charge in [0.15, 0.2) is 0 Å². The molecule has 0 radical (unpaired) electrons. The van der Waals surface area contributed by atoms with Crippen molar-refractivity contribution in [1.82, 2.24) is 14.9 Å². The van der Waals surface area contributed by atoms with Crippen LogP contribution in [0.1, 0.15) is 105 Å². The lowest BCUT2D eigenvalue weighted by Gasteiger charge is -2.18. The fourth-order valence-corrected chi connectivity index (χ4v) is 6.78. The molecular weight excluding hydrogens is 572 g/mol. The van der Waals surface area contributed by atoms with Crippen LogP contribution >= 0.6 is 0 Å². The number of nitrogens with zero attached hydrogens (tertiary/aromatic N) is 3. The van der Waals surface area contributed by atoms with Crippen molar-refractivity contribution < 1.29 is 9.59 Å². The van der Waals surface area contributed by atoms with Crippen molar-refractivity contribution in [2.75, 3.05) is 23.7 Å². The zero-order valence-corrected chi connectivity index (χ0v) is 26.7. The van der Waals surface area contributed by atoms with E-state index in [1.807, 2.05) is 68.6 Å². The first-order valence-corrected chi connectivity index (χ1v) is 16.6. The van der Waals surface area contributed by atoms with Crippen LogP contribution in [0.4, 0.5) is 11.4 Å². The molecule has 1 saturated heterocycles. The molecule has 0 spiro atoms. The molecule has 2 aromatic carbocycles. The Morgan fingerprint density at radius 2 is 1.24 bits per heavy atom. The van der Waals surface area contributed by atoms with E-state index in [4.69, 9.17) is 5.73 Å². The van der Waals surface area contributed by atoms with E-state index in [0.29, 0.717) is 29.8 Å². The maximum atomic E-state index is 13.5. The number of likely N-dealkylation sites (tertiary alicyclic amines) is 1. The Balaban J connectivity index is 1.10. The Morgan fingerprint density at radius 1 is 0.761 bits per heavy atom. The van der Waals surface area contributed by atoms with E-state index in [0.717, 1.165) is 77.2 Å². The highest BCUT2D eigenvalue weighted by atomic mass is 16.2. The summed E-state index contributed by atoms with van der Waals surface area (Å²) in [5.74, 6) is 0.567. The number of carbonyl (C=O) groups is 2. The predicted molar refractivity (Wildman–Crippen MR) is 182 cm³/mol. The van der Waals surface area contributed by atoms with Crippen molar-refractivity contribution in [3.63, 3.8) is 0 Å². The molecular formula is C38H42N6O2. The molecule has 3 fully saturated rings. The van der Waals surface area contributed by atoms with Gasteiger partial charge in [0.2, 0.25) is 0 Å². The Hall–Kier alpha value is -4.40. The second-order valence-corrected chi connectivity index (χ2v) is 13.1. The van der Waals surface area contributed by atoms with Crippen LogP contribution in [0.25, 0.3) is 11.1 Å². The van der Waals surface area contributed by atoms with Crippen LogP contribution in [0, 0.1) is 13.8 Å². The van der Waals surface area contributed by atoms with Gasteiger partial charge in [0.25, 0.3) is 11.8 Å². The van der Waals surface area contributed by atoms with Crippen LogP contribution in [0.15, 0.2) is 60.9 Å². The van der Waals surface area contributed by atoms with Gasteiger partial charge in [-0.2, -0.15) is 0 Å². The Labute approximate surface area is 270 Å². The zero-order chi connectivity index (χ0) is 31.8. The average Bonchev–Trinajstić information content (AvgIpc) is 4.01. The van der Waals surface area contributed by atoms with Crippen LogP contribution in [-0.2, 0) is 13.1 Å². The molecule has 7 rings (SSSR count). The zero-order valence-electron chi connectivity index (χ0n) is 26.7. The molecule has 8 nitrogen and oxygen atoms in total. The number of carbonyl (C=O) groups excluding carboxylic acids is 2. The Kier molecular flexibility index (Phi) is 8.40. The molecule has 46 heavy (non-hydrogen) atoms. The number of pyridine rings is 2. The largest absolute Gasteiger partial charge is 0.326 e. The molecule has 4 aromatic rings. The normalized spacial score (nSPS) is 16.4. The fourth-order valence-electron chi connectivity index (χ4n) is 6.78. The van der Waals surface area contributed by atoms with E-state index < -0.39 is 0 Å². The first-order valence-electron chi connectivity index (χ1n) is 16.6. The summed E-state index contributed by atoms with van der Waals surface area (Å²) in [6.45, 7) is 7.63. The molecule has 3 aliphatic rings. The number of hydrogen-bond donors (Lipinski definition) is 3. The molecule has 0 atom stereocenters. The Morgan fingerprint density at radius 3 is 1.72 bits per heavy atom. The van der Waals surface area contributed by atoms with Gasteiger partial charge in [0.1, 0.15) is 11.4 Å². The smallest absolute Gasteiger partial charge is 0.274 e. The Bertz CT molecular complexity index is 1800. The third kappa shape index (κ3) is 6.32. The van der Waals surface area contributed by atoms with Crippen molar-refractivity contribution in [2.24, 2.45) is 5.73 Å². The summed E-state index contributed by atoms with van der Waals surface area (Å²) in [6.07, 6.45) is 10.8. The highest BCUT2D eigenvalue weighted by Crippen LogP contribution is 2.43. The summed E-state index contributed by atoms with van der Waals surface area (Å²) in [5, 5.41) is 6.21. The number of anilines is 2. The van der Waals surface area contributed by atoms with E-state index in [1.54, 1.807) is 6.20 Å². The molecule has 4 N–H and O–H groups in total. The molecule has 2 aromatic heterocycles. The van der Waals surface area contributed by atoms with E-state index in [9.17, 15) is 9.59 Å². The number of benzene rings is 2. The maximum absolute atomic E-state index is 13.5. The molecule has 2 aliphatic carbocycles. The number of rotatable bonds is 10. The quantitative estimate of drug-likeness (QED) is 0.176. The second kappa shape index (κ2) is 12.8. The molecule has 236 valence electrons. The SMILES string of the molecule is Cc1c(NC(=O)c2cc(C3CC3)c(CN)cn2)cccc1-c1cccc(NC(=O)c2cc(C3CC3)c(CN3CCCC3)cn2)c1C. The number of nitrogens with two attached hydrogens (primary N) is 1. The third-order valence-electron chi connectivity index (χ3n) is 9.81. The minimum absolute atomic E-state index is 0.202. The van der Waals surface area contributed by atoms with Gasteiger partial charge in [-0.3, -0.25) is 24.5 Å². The molecule has 0 bridgehead atoms. The lowest BCUT2D eigenvalue weighted by molar-refractivity contribution is 0.101. The standard InChI is InChI=1S/C38H42N6O2/c1-23-29(7-5-9-33(23)42-37(45)35-17-31(25-11-12-25)27(19-39)20-40-35)30-8-6-10-34(24(30)2)43-38(46)36-18-32(26-13-14-26)28(21-41-36)22-44-15-3-4-16-44/h5-10,17-18,20-21,25-26H,3-4,11-16,19,22,39H2,1-2H3,(H,42,45)(H,43,46). The van der Waals surface area contributed by atoms with Crippen molar-refractivity contribution in [3.8, 4) is 11.1 Å². The average molecular weight is 615 g/mol. The van der Waals surface area contributed by atoms with Gasteiger partial charge in [0, 0.05) is 36.9 Å². The summed E-state index contributed by atoms with van der Waals surface area (Å²) < 4.78 is 0. The fraction of sp³-hybridized carbons (Fsp3) is 0.368. The van der Waals surface area contributed by atoms with E-state index >= 15 is 0 Å². The van der Waals surface area contributed by atoms with Gasteiger partial charge < -0.3 is 16.4 Å². The predicted octanol–water partition coefficient (Wildman–Crippen LogP) is 7.07. The van der Waals surface area contributed by atoms with Crippen molar-refractivity contribution in [3.05, 3.63) is 106 Å². The van der Waals surface area contributed by atoms with Gasteiger partial charge in [-0.05, 0) is 146 Å². The minimum Gasteiger partial charge on any atom is -0.326 e. The summed E-state index contributed by atoms with van der Waals surface area (Å²) in [6, 6.07) is 15.7. The first kappa shape index (κ1) is 30.3. The van der Waals surface area contributed by atoms with Gasteiger partial charge in [-0.1, -0.05) is 24.3 Å². The van der Waals surface area contributed by atoms with Crippen LogP contribution in [0.5, 0.6) is 0 Å². The van der Waals surface area contributed by atoms with Crippen molar-refractivity contribution in [1.29, 1.82) is 0 Å². The van der Waals surface area contributed by atoms with Gasteiger partial charge in [-0.15, -0.1) is 0 Å². The first-order chi connectivity index (χ1) is 22.4. The molecule has 1 aliphatic heterocycles. The van der Waals surface area contributed by atoms with E-state index in [-0.39, 0.29) is 11.8 Å². The van der Waals surface area contributed by atoms with Crippen LogP contribution in [0.3, 0.4) is 0 Å². The topological polar surface area (TPSA) is 113 Å². The minimum atomic E-state index is -0.243. The van der Waals surface area contributed by atoms with Gasteiger partial charge >= 0.3 is 0 Å². The van der Waals surface area contributed by atoms with Crippen LogP contribution in [-0.4, -0.2) is 39.8 Å². The van der Waals surface area contributed by atoms with E-state index in [2.05, 4.69) is 25.5 Å². The van der Waals surface area contributed by atoms with Crippen LogP contribution < -0.4 is 16.4 Å². The highest BCUT2D eigenvalue weighted by Gasteiger charge is 2.29. The third-order valence-corrected chi connectivity index (χ3v) is 9.81. The molecule has 0 unspecified atom stereocenters. The molecule has 2 saturated carbocycles.